The molecule has 20 heavy (non-hydrogen) atoms. The second kappa shape index (κ2) is 7.71. The van der Waals surface area contributed by atoms with Crippen LogP contribution in [0, 0.1) is 0 Å². The highest BCUT2D eigenvalue weighted by Crippen LogP contribution is 2.18. The highest BCUT2D eigenvalue weighted by molar-refractivity contribution is 5.24. The molecule has 0 saturated heterocycles. The molecule has 2 aromatic rings. The van der Waals surface area contributed by atoms with E-state index in [4.69, 9.17) is 4.74 Å². The Bertz CT molecular complexity index is 491. The lowest BCUT2D eigenvalue weighted by Crippen LogP contribution is -2.05. The summed E-state index contributed by atoms with van der Waals surface area (Å²) in [6, 6.07) is 17.9. The highest BCUT2D eigenvalue weighted by atomic mass is 16.5. The third-order valence-electron chi connectivity index (χ3n) is 3.31. The Morgan fingerprint density at radius 2 is 1.70 bits per heavy atom. The second-order valence-corrected chi connectivity index (χ2v) is 4.96. The van der Waals surface area contributed by atoms with Crippen molar-refractivity contribution in [1.29, 1.82) is 0 Å². The maximum absolute atomic E-state index is 10.1. The Hall–Kier alpha value is -1.80. The van der Waals surface area contributed by atoms with E-state index >= 15 is 0 Å². The summed E-state index contributed by atoms with van der Waals surface area (Å²) in [7, 11) is 0. The van der Waals surface area contributed by atoms with Gasteiger partial charge in [0.25, 0.3) is 0 Å². The zero-order valence-corrected chi connectivity index (χ0v) is 12.0. The number of aliphatic hydroxyl groups is 1. The first kappa shape index (κ1) is 14.6. The quantitative estimate of drug-likeness (QED) is 0.819. The van der Waals surface area contributed by atoms with E-state index in [2.05, 4.69) is 19.1 Å². The number of hydrogen-bond donors (Lipinski definition) is 1. The van der Waals surface area contributed by atoms with Crippen LogP contribution in [-0.2, 0) is 6.42 Å². The van der Waals surface area contributed by atoms with E-state index in [9.17, 15) is 5.11 Å². The van der Waals surface area contributed by atoms with Gasteiger partial charge in [0.1, 0.15) is 5.75 Å². The molecule has 0 saturated carbocycles. The zero-order valence-electron chi connectivity index (χ0n) is 12.0. The molecule has 0 bridgehead atoms. The largest absolute Gasteiger partial charge is 0.493 e. The summed E-state index contributed by atoms with van der Waals surface area (Å²) in [6.45, 7) is 2.69. The van der Waals surface area contributed by atoms with E-state index < -0.39 is 6.10 Å². The summed E-state index contributed by atoms with van der Waals surface area (Å²) in [4.78, 5) is 0. The predicted molar refractivity (Wildman–Crippen MR) is 82.0 cm³/mol. The first-order chi connectivity index (χ1) is 9.79. The standard InChI is InChI=1S/C18H22O2/c1-2-6-15-9-11-16(12-10-15)18(19)13-14-20-17-7-4-3-5-8-17/h3-5,7-12,18-19H,2,6,13-14H2,1H3. The van der Waals surface area contributed by atoms with Crippen LogP contribution in [0.1, 0.15) is 37.0 Å². The molecule has 0 aliphatic carbocycles. The van der Waals surface area contributed by atoms with Gasteiger partial charge in [0, 0.05) is 6.42 Å². The van der Waals surface area contributed by atoms with Gasteiger partial charge in [0.05, 0.1) is 12.7 Å². The fourth-order valence-electron chi connectivity index (χ4n) is 2.17. The number of benzene rings is 2. The van der Waals surface area contributed by atoms with Gasteiger partial charge in [-0.25, -0.2) is 0 Å². The van der Waals surface area contributed by atoms with Gasteiger partial charge in [-0.3, -0.25) is 0 Å². The molecule has 106 valence electrons. The van der Waals surface area contributed by atoms with Crippen LogP contribution in [0.4, 0.5) is 0 Å². The summed E-state index contributed by atoms with van der Waals surface area (Å²) in [5.74, 6) is 0.845. The molecule has 0 heterocycles. The molecule has 0 radical (unpaired) electrons. The molecular formula is C18H22O2. The van der Waals surface area contributed by atoms with Crippen LogP contribution in [0.25, 0.3) is 0 Å². The highest BCUT2D eigenvalue weighted by Gasteiger charge is 2.07. The maximum Gasteiger partial charge on any atom is 0.119 e. The number of rotatable bonds is 7. The van der Waals surface area contributed by atoms with Gasteiger partial charge in [0.2, 0.25) is 0 Å². The molecule has 0 amide bonds. The lowest BCUT2D eigenvalue weighted by Gasteiger charge is -2.12. The summed E-state index contributed by atoms with van der Waals surface area (Å²) < 4.78 is 5.60. The van der Waals surface area contributed by atoms with Gasteiger partial charge < -0.3 is 9.84 Å². The van der Waals surface area contributed by atoms with Gasteiger partial charge >= 0.3 is 0 Å². The molecular weight excluding hydrogens is 248 g/mol. The molecule has 2 heteroatoms. The Labute approximate surface area is 121 Å². The average Bonchev–Trinajstić information content (AvgIpc) is 2.49. The van der Waals surface area contributed by atoms with Gasteiger partial charge in [-0.15, -0.1) is 0 Å². The van der Waals surface area contributed by atoms with Crippen molar-refractivity contribution in [1.82, 2.24) is 0 Å². The molecule has 0 spiro atoms. The lowest BCUT2D eigenvalue weighted by molar-refractivity contribution is 0.141. The molecule has 0 aliphatic rings. The Morgan fingerprint density at radius 1 is 1.00 bits per heavy atom. The second-order valence-electron chi connectivity index (χ2n) is 4.96. The Morgan fingerprint density at radius 3 is 2.35 bits per heavy atom. The van der Waals surface area contributed by atoms with E-state index in [0.29, 0.717) is 13.0 Å². The van der Waals surface area contributed by atoms with Crippen molar-refractivity contribution >= 4 is 0 Å². The van der Waals surface area contributed by atoms with Crippen molar-refractivity contribution in [2.24, 2.45) is 0 Å². The molecule has 0 aromatic heterocycles. The van der Waals surface area contributed by atoms with Crippen LogP contribution in [-0.4, -0.2) is 11.7 Å². The monoisotopic (exact) mass is 270 g/mol. The van der Waals surface area contributed by atoms with E-state index in [1.807, 2.05) is 42.5 Å². The molecule has 0 aliphatic heterocycles. The van der Waals surface area contributed by atoms with Crippen LogP contribution >= 0.6 is 0 Å². The van der Waals surface area contributed by atoms with Crippen LogP contribution < -0.4 is 4.74 Å². The van der Waals surface area contributed by atoms with E-state index in [0.717, 1.165) is 24.2 Å². The number of hydrogen-bond acceptors (Lipinski definition) is 2. The van der Waals surface area contributed by atoms with Crippen LogP contribution in [0.3, 0.4) is 0 Å². The van der Waals surface area contributed by atoms with E-state index in [1.54, 1.807) is 0 Å². The Kier molecular flexibility index (Phi) is 5.63. The van der Waals surface area contributed by atoms with E-state index in [1.165, 1.54) is 5.56 Å². The fourth-order valence-corrected chi connectivity index (χ4v) is 2.17. The molecule has 1 N–H and O–H groups in total. The molecule has 2 aromatic carbocycles. The third-order valence-corrected chi connectivity index (χ3v) is 3.31. The van der Waals surface area contributed by atoms with Gasteiger partial charge in [-0.2, -0.15) is 0 Å². The van der Waals surface area contributed by atoms with Gasteiger partial charge in [-0.05, 0) is 29.7 Å². The smallest absolute Gasteiger partial charge is 0.119 e. The summed E-state index contributed by atoms with van der Waals surface area (Å²) in [5.41, 5.74) is 2.28. The van der Waals surface area contributed by atoms with Gasteiger partial charge in [0.15, 0.2) is 0 Å². The molecule has 2 rings (SSSR count). The van der Waals surface area contributed by atoms with Crippen molar-refractivity contribution in [2.45, 2.75) is 32.3 Å². The van der Waals surface area contributed by atoms with Crippen molar-refractivity contribution in [3.63, 3.8) is 0 Å². The number of para-hydroxylation sites is 1. The SMILES string of the molecule is CCCc1ccc(C(O)CCOc2ccccc2)cc1. The molecule has 1 unspecified atom stereocenters. The maximum atomic E-state index is 10.1. The molecule has 1 atom stereocenters. The van der Waals surface area contributed by atoms with Crippen molar-refractivity contribution in [3.8, 4) is 5.75 Å². The zero-order chi connectivity index (χ0) is 14.2. The first-order valence-corrected chi connectivity index (χ1v) is 7.24. The van der Waals surface area contributed by atoms with Crippen molar-refractivity contribution in [3.05, 3.63) is 65.7 Å². The van der Waals surface area contributed by atoms with Crippen LogP contribution in [0.2, 0.25) is 0 Å². The summed E-state index contributed by atoms with van der Waals surface area (Å²) in [6.07, 6.45) is 2.37. The normalized spacial score (nSPS) is 12.1. The topological polar surface area (TPSA) is 29.5 Å². The number of aliphatic hydroxyl groups excluding tert-OH is 1. The van der Waals surface area contributed by atoms with E-state index in [-0.39, 0.29) is 0 Å². The minimum absolute atomic E-state index is 0.464. The van der Waals surface area contributed by atoms with Crippen LogP contribution in [0.15, 0.2) is 54.6 Å². The number of ether oxygens (including phenoxy) is 1. The minimum atomic E-state index is -0.464. The summed E-state index contributed by atoms with van der Waals surface area (Å²) >= 11 is 0. The van der Waals surface area contributed by atoms with Gasteiger partial charge in [-0.1, -0.05) is 55.8 Å². The average molecular weight is 270 g/mol. The van der Waals surface area contributed by atoms with Crippen LogP contribution in [0.5, 0.6) is 5.75 Å². The minimum Gasteiger partial charge on any atom is -0.493 e. The Balaban J connectivity index is 1.80. The third kappa shape index (κ3) is 4.39. The fraction of sp³-hybridized carbons (Fsp3) is 0.333. The number of aryl methyl sites for hydroxylation is 1. The summed E-state index contributed by atoms with van der Waals surface area (Å²) in [5, 5.41) is 10.1. The molecule has 2 nitrogen and oxygen atoms in total. The lowest BCUT2D eigenvalue weighted by atomic mass is 10.0. The van der Waals surface area contributed by atoms with Crippen molar-refractivity contribution in [2.75, 3.05) is 6.61 Å². The molecule has 0 fully saturated rings. The first-order valence-electron chi connectivity index (χ1n) is 7.24. The van der Waals surface area contributed by atoms with Crippen molar-refractivity contribution < 1.29 is 9.84 Å². The predicted octanol–water partition coefficient (Wildman–Crippen LogP) is 4.14.